The highest BCUT2D eigenvalue weighted by Gasteiger charge is 2.30. The van der Waals surface area contributed by atoms with Gasteiger partial charge in [0.2, 0.25) is 5.88 Å². The molecule has 140 valence electrons. The number of pyridine rings is 1. The molecule has 0 aliphatic carbocycles. The number of rotatable bonds is 5. The second-order valence-electron chi connectivity index (χ2n) is 7.58. The van der Waals surface area contributed by atoms with E-state index >= 15 is 0 Å². The van der Waals surface area contributed by atoms with Crippen molar-refractivity contribution in [2.24, 2.45) is 0 Å². The third-order valence-corrected chi connectivity index (χ3v) is 5.65. The van der Waals surface area contributed by atoms with Crippen molar-refractivity contribution in [2.45, 2.75) is 38.8 Å². The lowest BCUT2D eigenvalue weighted by Gasteiger charge is -2.43. The lowest BCUT2D eigenvalue weighted by molar-refractivity contribution is 0.0683. The van der Waals surface area contributed by atoms with Crippen LogP contribution >= 0.6 is 0 Å². The molecule has 0 bridgehead atoms. The second kappa shape index (κ2) is 8.19. The van der Waals surface area contributed by atoms with E-state index in [4.69, 9.17) is 4.74 Å². The summed E-state index contributed by atoms with van der Waals surface area (Å²) in [4.78, 5) is 9.32. The minimum atomic E-state index is 0.342. The number of benzene rings is 1. The lowest BCUT2D eigenvalue weighted by atomic mass is 9.90. The van der Waals surface area contributed by atoms with E-state index in [0.29, 0.717) is 23.9 Å². The van der Waals surface area contributed by atoms with Crippen molar-refractivity contribution >= 4 is 0 Å². The maximum absolute atomic E-state index is 5.30. The fourth-order valence-electron chi connectivity index (χ4n) is 3.93. The van der Waals surface area contributed by atoms with Gasteiger partial charge in [-0.05, 0) is 42.6 Å². The number of hydrogen-bond donors (Lipinski definition) is 0. The van der Waals surface area contributed by atoms with Crippen molar-refractivity contribution < 1.29 is 4.74 Å². The average molecular weight is 354 g/mol. The lowest BCUT2D eigenvalue weighted by Crippen LogP contribution is -2.47. The predicted octanol–water partition coefficient (Wildman–Crippen LogP) is 4.26. The highest BCUT2D eigenvalue weighted by molar-refractivity contribution is 5.33. The molecule has 0 spiro atoms. The molecule has 2 heterocycles. The number of aromatic nitrogens is 1. The molecule has 0 saturated carbocycles. The summed E-state index contributed by atoms with van der Waals surface area (Å²) in [6.45, 7) is 10.0. The van der Waals surface area contributed by atoms with Crippen LogP contribution < -0.4 is 4.74 Å². The van der Waals surface area contributed by atoms with E-state index in [1.54, 1.807) is 7.11 Å². The largest absolute Gasteiger partial charge is 0.481 e. The van der Waals surface area contributed by atoms with E-state index < -0.39 is 0 Å². The number of hydrogen-bond acceptors (Lipinski definition) is 4. The summed E-state index contributed by atoms with van der Waals surface area (Å²) in [7, 11) is 3.92. The molecule has 26 heavy (non-hydrogen) atoms. The molecular formula is C22H31N3O. The van der Waals surface area contributed by atoms with Gasteiger partial charge in [-0.1, -0.05) is 38.1 Å². The molecule has 1 aromatic heterocycles. The third-order valence-electron chi connectivity index (χ3n) is 5.65. The number of ether oxygens (including phenoxy) is 1. The van der Waals surface area contributed by atoms with Crippen LogP contribution in [0.4, 0.5) is 0 Å². The Labute approximate surface area is 157 Å². The van der Waals surface area contributed by atoms with Gasteiger partial charge < -0.3 is 4.74 Å². The van der Waals surface area contributed by atoms with E-state index in [9.17, 15) is 0 Å². The Morgan fingerprint density at radius 3 is 2.62 bits per heavy atom. The van der Waals surface area contributed by atoms with Crippen LogP contribution in [0.1, 0.15) is 55.5 Å². The van der Waals surface area contributed by atoms with Crippen molar-refractivity contribution in [3.05, 3.63) is 59.3 Å². The molecule has 1 aromatic carbocycles. The maximum atomic E-state index is 5.30. The molecular weight excluding hydrogens is 322 g/mol. The van der Waals surface area contributed by atoms with Crippen molar-refractivity contribution in [3.63, 3.8) is 0 Å². The zero-order chi connectivity index (χ0) is 18.7. The summed E-state index contributed by atoms with van der Waals surface area (Å²) in [5.41, 5.74) is 4.19. The summed E-state index contributed by atoms with van der Waals surface area (Å²) in [6, 6.07) is 13.8. The van der Waals surface area contributed by atoms with Crippen LogP contribution in [0.15, 0.2) is 42.6 Å². The van der Waals surface area contributed by atoms with Crippen LogP contribution in [0.5, 0.6) is 5.88 Å². The first-order chi connectivity index (χ1) is 12.5. The summed E-state index contributed by atoms with van der Waals surface area (Å²) >= 11 is 0. The maximum Gasteiger partial charge on any atom is 0.213 e. The van der Waals surface area contributed by atoms with Gasteiger partial charge in [0.25, 0.3) is 0 Å². The molecule has 4 nitrogen and oxygen atoms in total. The van der Waals surface area contributed by atoms with Crippen LogP contribution in [0.2, 0.25) is 0 Å². The van der Waals surface area contributed by atoms with Crippen LogP contribution in [0, 0.1) is 0 Å². The Hall–Kier alpha value is -1.91. The topological polar surface area (TPSA) is 28.6 Å². The van der Waals surface area contributed by atoms with E-state index in [1.165, 1.54) is 16.7 Å². The Morgan fingerprint density at radius 1 is 1.12 bits per heavy atom. The molecule has 1 aliphatic rings. The monoisotopic (exact) mass is 353 g/mol. The standard InChI is InChI=1S/C22H31N3O/c1-16(2)19-8-6-7-9-20(19)21-15-25(13-12-24(21)4)17(3)18-10-11-23-22(14-18)26-5/h6-11,14,16-17,21H,12-13,15H2,1-5H3. The number of piperazine rings is 1. The van der Waals surface area contributed by atoms with E-state index in [2.05, 4.69) is 79.0 Å². The van der Waals surface area contributed by atoms with Crippen LogP contribution in [-0.2, 0) is 0 Å². The van der Waals surface area contributed by atoms with Crippen molar-refractivity contribution in [1.29, 1.82) is 0 Å². The molecule has 2 atom stereocenters. The van der Waals surface area contributed by atoms with Gasteiger partial charge in [-0.2, -0.15) is 0 Å². The summed E-state index contributed by atoms with van der Waals surface area (Å²) in [5, 5.41) is 0. The van der Waals surface area contributed by atoms with Gasteiger partial charge in [0, 0.05) is 44.0 Å². The Kier molecular flexibility index (Phi) is 5.94. The van der Waals surface area contributed by atoms with Crippen LogP contribution in [-0.4, -0.2) is 48.6 Å². The van der Waals surface area contributed by atoms with E-state index in [0.717, 1.165) is 19.6 Å². The molecule has 0 N–H and O–H groups in total. The third kappa shape index (κ3) is 3.92. The van der Waals surface area contributed by atoms with Crippen molar-refractivity contribution in [1.82, 2.24) is 14.8 Å². The molecule has 0 radical (unpaired) electrons. The Bertz CT molecular complexity index is 731. The zero-order valence-corrected chi connectivity index (χ0v) is 16.6. The van der Waals surface area contributed by atoms with Gasteiger partial charge >= 0.3 is 0 Å². The predicted molar refractivity (Wildman–Crippen MR) is 107 cm³/mol. The van der Waals surface area contributed by atoms with Crippen molar-refractivity contribution in [3.8, 4) is 5.88 Å². The molecule has 3 rings (SSSR count). The Balaban J connectivity index is 1.84. The minimum absolute atomic E-state index is 0.342. The molecule has 2 unspecified atom stereocenters. The number of methoxy groups -OCH3 is 1. The zero-order valence-electron chi connectivity index (χ0n) is 16.6. The average Bonchev–Trinajstić information content (AvgIpc) is 2.68. The SMILES string of the molecule is COc1cc(C(C)N2CCN(C)C(c3ccccc3C(C)C)C2)ccn1. The van der Waals surface area contributed by atoms with Crippen molar-refractivity contribution in [2.75, 3.05) is 33.8 Å². The fraction of sp³-hybridized carbons (Fsp3) is 0.500. The minimum Gasteiger partial charge on any atom is -0.481 e. The van der Waals surface area contributed by atoms with Gasteiger partial charge in [0.1, 0.15) is 0 Å². The van der Waals surface area contributed by atoms with Gasteiger partial charge in [-0.3, -0.25) is 9.80 Å². The second-order valence-corrected chi connectivity index (χ2v) is 7.58. The molecule has 4 heteroatoms. The Morgan fingerprint density at radius 2 is 1.88 bits per heavy atom. The van der Waals surface area contributed by atoms with E-state index in [-0.39, 0.29) is 0 Å². The molecule has 1 saturated heterocycles. The molecule has 2 aromatic rings. The van der Waals surface area contributed by atoms with Gasteiger partial charge in [0.15, 0.2) is 0 Å². The first kappa shape index (κ1) is 18.9. The van der Waals surface area contributed by atoms with Crippen LogP contribution in [0.3, 0.4) is 0 Å². The van der Waals surface area contributed by atoms with E-state index in [1.807, 2.05) is 6.20 Å². The van der Waals surface area contributed by atoms with Crippen LogP contribution in [0.25, 0.3) is 0 Å². The molecule has 1 fully saturated rings. The van der Waals surface area contributed by atoms with Gasteiger partial charge in [-0.15, -0.1) is 0 Å². The fourth-order valence-corrected chi connectivity index (χ4v) is 3.93. The smallest absolute Gasteiger partial charge is 0.213 e. The number of nitrogens with zero attached hydrogens (tertiary/aromatic N) is 3. The summed E-state index contributed by atoms with van der Waals surface area (Å²) in [5.74, 6) is 1.22. The number of likely N-dealkylation sites (N-methyl/N-ethyl adjacent to an activating group) is 1. The summed E-state index contributed by atoms with van der Waals surface area (Å²) in [6.07, 6.45) is 1.84. The van der Waals surface area contributed by atoms with Gasteiger partial charge in [0.05, 0.1) is 7.11 Å². The normalized spacial score (nSPS) is 20.3. The van der Waals surface area contributed by atoms with Gasteiger partial charge in [-0.25, -0.2) is 4.98 Å². The highest BCUT2D eigenvalue weighted by atomic mass is 16.5. The summed E-state index contributed by atoms with van der Waals surface area (Å²) < 4.78 is 5.30. The molecule has 1 aliphatic heterocycles. The molecule has 0 amide bonds. The first-order valence-electron chi connectivity index (χ1n) is 9.54. The quantitative estimate of drug-likeness (QED) is 0.803. The highest BCUT2D eigenvalue weighted by Crippen LogP contribution is 2.33. The first-order valence-corrected chi connectivity index (χ1v) is 9.54.